The Balaban J connectivity index is 2.41. The van der Waals surface area contributed by atoms with E-state index in [0.29, 0.717) is 0 Å². The number of anilines is 1. The second-order valence-corrected chi connectivity index (χ2v) is 5.10. The zero-order chi connectivity index (χ0) is 14.4. The number of benzene rings is 1. The lowest BCUT2D eigenvalue weighted by molar-refractivity contribution is -0.137. The van der Waals surface area contributed by atoms with Gasteiger partial charge in [-0.25, -0.2) is 4.39 Å². The zero-order valence-electron chi connectivity index (χ0n) is 9.73. The number of thioether (sulfide) groups is 1. The minimum Gasteiger partial charge on any atom is -0.480 e. The second-order valence-electron chi connectivity index (χ2n) is 3.63. The molecule has 1 amide bonds. The van der Waals surface area contributed by atoms with Crippen molar-refractivity contribution in [3.8, 4) is 0 Å². The van der Waals surface area contributed by atoms with Crippen LogP contribution in [0.25, 0.3) is 0 Å². The molecule has 0 radical (unpaired) electrons. The molecule has 4 N–H and O–H groups in total. The van der Waals surface area contributed by atoms with Gasteiger partial charge in [-0.2, -0.15) is 0 Å². The van der Waals surface area contributed by atoms with Crippen LogP contribution < -0.4 is 11.1 Å². The number of carboxylic acid groups (broad SMARTS) is 1. The van der Waals surface area contributed by atoms with Gasteiger partial charge >= 0.3 is 5.97 Å². The summed E-state index contributed by atoms with van der Waals surface area (Å²) in [5.74, 6) is -2.11. The highest BCUT2D eigenvalue weighted by Crippen LogP contribution is 2.19. The smallest absolute Gasteiger partial charge is 0.321 e. The molecule has 1 atom stereocenters. The van der Waals surface area contributed by atoms with Gasteiger partial charge in [0, 0.05) is 10.8 Å². The number of carboxylic acids is 1. The van der Waals surface area contributed by atoms with Crippen LogP contribution in [0.2, 0.25) is 5.02 Å². The zero-order valence-corrected chi connectivity index (χ0v) is 11.3. The Kier molecular flexibility index (Phi) is 6.07. The first kappa shape index (κ1) is 15.7. The van der Waals surface area contributed by atoms with Gasteiger partial charge in [-0.1, -0.05) is 11.6 Å². The minimum absolute atomic E-state index is 0.0109. The van der Waals surface area contributed by atoms with Crippen LogP contribution in [-0.4, -0.2) is 34.5 Å². The Morgan fingerprint density at radius 3 is 2.79 bits per heavy atom. The quantitative estimate of drug-likeness (QED) is 0.742. The summed E-state index contributed by atoms with van der Waals surface area (Å²) < 4.78 is 13.4. The third-order valence-corrected chi connectivity index (χ3v) is 3.35. The summed E-state index contributed by atoms with van der Waals surface area (Å²) in [6, 6.07) is 2.87. The topological polar surface area (TPSA) is 92.4 Å². The van der Waals surface area contributed by atoms with E-state index in [1.165, 1.54) is 12.1 Å². The molecule has 104 valence electrons. The molecular weight excluding hydrogens is 295 g/mol. The van der Waals surface area contributed by atoms with Crippen LogP contribution in [0.5, 0.6) is 0 Å². The molecule has 1 rings (SSSR count). The summed E-state index contributed by atoms with van der Waals surface area (Å²) in [6.45, 7) is 0. The molecule has 0 bridgehead atoms. The number of rotatable bonds is 6. The second kappa shape index (κ2) is 7.32. The van der Waals surface area contributed by atoms with Crippen molar-refractivity contribution in [2.24, 2.45) is 5.73 Å². The van der Waals surface area contributed by atoms with E-state index in [-0.39, 0.29) is 22.2 Å². The number of carbonyl (C=O) groups excluding carboxylic acids is 1. The molecule has 0 saturated carbocycles. The number of nitrogens with one attached hydrogen (secondary N) is 1. The maximum atomic E-state index is 13.4. The molecule has 1 aromatic carbocycles. The molecule has 0 heterocycles. The fraction of sp³-hybridized carbons (Fsp3) is 0.273. The van der Waals surface area contributed by atoms with Crippen LogP contribution >= 0.6 is 23.4 Å². The Hall–Kier alpha value is -1.31. The molecule has 1 unspecified atom stereocenters. The highest BCUT2D eigenvalue weighted by molar-refractivity contribution is 8.00. The number of halogens is 2. The summed E-state index contributed by atoms with van der Waals surface area (Å²) >= 11 is 6.63. The number of amides is 1. The van der Waals surface area contributed by atoms with Crippen LogP contribution in [0, 0.1) is 5.82 Å². The summed E-state index contributed by atoms with van der Waals surface area (Å²) in [5.41, 5.74) is 5.29. The molecule has 0 saturated heterocycles. The van der Waals surface area contributed by atoms with Crippen LogP contribution in [0.3, 0.4) is 0 Å². The van der Waals surface area contributed by atoms with Crippen molar-refractivity contribution in [1.82, 2.24) is 0 Å². The third-order valence-electron chi connectivity index (χ3n) is 2.05. The Morgan fingerprint density at radius 1 is 1.53 bits per heavy atom. The monoisotopic (exact) mass is 306 g/mol. The summed E-state index contributed by atoms with van der Waals surface area (Å²) in [5, 5.41) is 11.1. The van der Waals surface area contributed by atoms with E-state index >= 15 is 0 Å². The standard InChI is InChI=1S/C11H12ClFN2O3S/c12-6-1-2-9(7(13)3-6)15-10(16)5-19-4-8(14)11(17)18/h1-3,8H,4-5,14H2,(H,15,16)(H,17,18). The highest BCUT2D eigenvalue weighted by Gasteiger charge is 2.13. The van der Waals surface area contributed by atoms with Crippen molar-refractivity contribution >= 4 is 40.9 Å². The van der Waals surface area contributed by atoms with E-state index < -0.39 is 23.7 Å². The van der Waals surface area contributed by atoms with Gasteiger partial charge in [0.1, 0.15) is 11.9 Å². The number of nitrogens with two attached hydrogens (primary N) is 1. The number of hydrogen-bond donors (Lipinski definition) is 3. The van der Waals surface area contributed by atoms with E-state index in [1.807, 2.05) is 0 Å². The molecule has 0 aliphatic rings. The summed E-state index contributed by atoms with van der Waals surface area (Å²) in [7, 11) is 0. The first-order valence-corrected chi connectivity index (χ1v) is 6.74. The lowest BCUT2D eigenvalue weighted by Gasteiger charge is -2.08. The summed E-state index contributed by atoms with van der Waals surface area (Å²) in [6.07, 6.45) is 0. The average Bonchev–Trinajstić information content (AvgIpc) is 2.32. The molecule has 19 heavy (non-hydrogen) atoms. The van der Waals surface area contributed by atoms with Crippen molar-refractivity contribution in [1.29, 1.82) is 0 Å². The number of hydrogen-bond acceptors (Lipinski definition) is 4. The summed E-state index contributed by atoms with van der Waals surface area (Å²) in [4.78, 5) is 21.9. The van der Waals surface area contributed by atoms with Crippen LogP contribution in [0.1, 0.15) is 0 Å². The van der Waals surface area contributed by atoms with Crippen LogP contribution in [0.4, 0.5) is 10.1 Å². The van der Waals surface area contributed by atoms with E-state index in [4.69, 9.17) is 22.4 Å². The van der Waals surface area contributed by atoms with Crippen LogP contribution in [0.15, 0.2) is 18.2 Å². The first-order chi connectivity index (χ1) is 8.90. The van der Waals surface area contributed by atoms with Gasteiger partial charge in [0.25, 0.3) is 0 Å². The maximum Gasteiger partial charge on any atom is 0.321 e. The molecule has 0 spiro atoms. The lowest BCUT2D eigenvalue weighted by Crippen LogP contribution is -2.33. The van der Waals surface area contributed by atoms with Crippen molar-refractivity contribution in [3.05, 3.63) is 29.0 Å². The molecular formula is C11H12ClFN2O3S. The number of carbonyl (C=O) groups is 2. The molecule has 0 aliphatic carbocycles. The van der Waals surface area contributed by atoms with Gasteiger partial charge in [0.2, 0.25) is 5.91 Å². The Bertz CT molecular complexity index is 487. The van der Waals surface area contributed by atoms with Gasteiger partial charge in [0.05, 0.1) is 11.4 Å². The molecule has 5 nitrogen and oxygen atoms in total. The first-order valence-electron chi connectivity index (χ1n) is 5.21. The Labute approximate surface area is 118 Å². The molecule has 8 heteroatoms. The predicted octanol–water partition coefficient (Wildman–Crippen LogP) is 1.56. The van der Waals surface area contributed by atoms with Gasteiger partial charge in [-0.05, 0) is 18.2 Å². The van der Waals surface area contributed by atoms with Gasteiger partial charge in [-0.3, -0.25) is 9.59 Å². The van der Waals surface area contributed by atoms with Crippen molar-refractivity contribution < 1.29 is 19.1 Å². The van der Waals surface area contributed by atoms with Crippen molar-refractivity contribution in [3.63, 3.8) is 0 Å². The largest absolute Gasteiger partial charge is 0.480 e. The Morgan fingerprint density at radius 2 is 2.21 bits per heavy atom. The van der Waals surface area contributed by atoms with Gasteiger partial charge < -0.3 is 16.2 Å². The highest BCUT2D eigenvalue weighted by atomic mass is 35.5. The van der Waals surface area contributed by atoms with Crippen molar-refractivity contribution in [2.45, 2.75) is 6.04 Å². The van der Waals surface area contributed by atoms with Crippen LogP contribution in [-0.2, 0) is 9.59 Å². The van der Waals surface area contributed by atoms with Gasteiger partial charge in [-0.15, -0.1) is 11.8 Å². The average molecular weight is 307 g/mol. The number of aliphatic carboxylic acids is 1. The normalized spacial score (nSPS) is 11.9. The van der Waals surface area contributed by atoms with E-state index in [9.17, 15) is 14.0 Å². The van der Waals surface area contributed by atoms with E-state index in [0.717, 1.165) is 17.8 Å². The SMILES string of the molecule is NC(CSCC(=O)Nc1ccc(Cl)cc1F)C(=O)O. The maximum absolute atomic E-state index is 13.4. The van der Waals surface area contributed by atoms with E-state index in [2.05, 4.69) is 5.32 Å². The predicted molar refractivity (Wildman–Crippen MR) is 73.0 cm³/mol. The van der Waals surface area contributed by atoms with Gasteiger partial charge in [0.15, 0.2) is 0 Å². The fourth-order valence-electron chi connectivity index (χ4n) is 1.13. The van der Waals surface area contributed by atoms with Crippen molar-refractivity contribution in [2.75, 3.05) is 16.8 Å². The third kappa shape index (κ3) is 5.46. The lowest BCUT2D eigenvalue weighted by atomic mass is 10.3. The molecule has 0 aromatic heterocycles. The van der Waals surface area contributed by atoms with E-state index in [1.54, 1.807) is 0 Å². The molecule has 1 aromatic rings. The molecule has 0 fully saturated rings. The molecule has 0 aliphatic heterocycles. The fourth-order valence-corrected chi connectivity index (χ4v) is 2.06. The minimum atomic E-state index is -1.13.